The summed E-state index contributed by atoms with van der Waals surface area (Å²) in [6.45, 7) is 3.57. The zero-order valence-electron chi connectivity index (χ0n) is 11.5. The van der Waals surface area contributed by atoms with Gasteiger partial charge in [-0.25, -0.2) is 4.98 Å². The summed E-state index contributed by atoms with van der Waals surface area (Å²) in [5.41, 5.74) is 0.857. The van der Waals surface area contributed by atoms with Crippen molar-refractivity contribution in [3.8, 4) is 11.5 Å². The molecule has 0 bridgehead atoms. The number of aryl methyl sites for hydroxylation is 1. The van der Waals surface area contributed by atoms with Gasteiger partial charge in [-0.2, -0.15) is 4.98 Å². The fraction of sp³-hybridized carbons (Fsp3) is 0.500. The van der Waals surface area contributed by atoms with Crippen molar-refractivity contribution in [3.63, 3.8) is 0 Å². The van der Waals surface area contributed by atoms with Gasteiger partial charge in [-0.05, 0) is 25.0 Å². The highest BCUT2D eigenvalue weighted by Crippen LogP contribution is 2.29. The predicted molar refractivity (Wildman–Crippen MR) is 74.4 cm³/mol. The highest BCUT2D eigenvalue weighted by molar-refractivity contribution is 5.69. The van der Waals surface area contributed by atoms with Crippen LogP contribution in [0.5, 0.6) is 0 Å². The molecule has 3 rings (SSSR count). The Hall–Kier alpha value is -1.95. The first kappa shape index (κ1) is 13.1. The number of pyridine rings is 1. The number of aliphatic hydroxyl groups excluding tert-OH is 1. The summed E-state index contributed by atoms with van der Waals surface area (Å²) in [6.07, 6.45) is 3.84. The van der Waals surface area contributed by atoms with Crippen molar-refractivity contribution in [2.75, 3.05) is 18.0 Å². The van der Waals surface area contributed by atoms with E-state index in [0.717, 1.165) is 43.7 Å². The van der Waals surface area contributed by atoms with E-state index in [1.54, 1.807) is 6.20 Å². The summed E-state index contributed by atoms with van der Waals surface area (Å²) in [7, 11) is 0. The van der Waals surface area contributed by atoms with Crippen molar-refractivity contribution >= 4 is 5.82 Å². The fourth-order valence-electron chi connectivity index (χ4n) is 2.40. The SMILES string of the molecule is CCc1noc(-c2cccnc2N2CCC(O)CC2)n1. The Kier molecular flexibility index (Phi) is 3.64. The summed E-state index contributed by atoms with van der Waals surface area (Å²) in [4.78, 5) is 11.0. The van der Waals surface area contributed by atoms with Gasteiger partial charge in [0.1, 0.15) is 5.82 Å². The molecule has 6 heteroatoms. The summed E-state index contributed by atoms with van der Waals surface area (Å²) >= 11 is 0. The molecule has 0 aromatic carbocycles. The topological polar surface area (TPSA) is 75.3 Å². The van der Waals surface area contributed by atoms with Gasteiger partial charge in [0.05, 0.1) is 11.7 Å². The zero-order valence-corrected chi connectivity index (χ0v) is 11.5. The Morgan fingerprint density at radius 2 is 2.20 bits per heavy atom. The largest absolute Gasteiger partial charge is 0.393 e. The van der Waals surface area contributed by atoms with E-state index in [9.17, 15) is 5.11 Å². The zero-order chi connectivity index (χ0) is 13.9. The number of anilines is 1. The molecule has 0 unspecified atom stereocenters. The number of aromatic nitrogens is 3. The van der Waals surface area contributed by atoms with Crippen molar-refractivity contribution in [3.05, 3.63) is 24.2 Å². The summed E-state index contributed by atoms with van der Waals surface area (Å²) in [5.74, 6) is 2.06. The Labute approximate surface area is 117 Å². The van der Waals surface area contributed by atoms with E-state index in [2.05, 4.69) is 20.0 Å². The van der Waals surface area contributed by atoms with Crippen molar-refractivity contribution in [2.24, 2.45) is 0 Å². The second kappa shape index (κ2) is 5.58. The minimum Gasteiger partial charge on any atom is -0.393 e. The number of piperidine rings is 1. The number of rotatable bonds is 3. The van der Waals surface area contributed by atoms with Crippen molar-refractivity contribution in [1.82, 2.24) is 15.1 Å². The van der Waals surface area contributed by atoms with Crippen LogP contribution in [0.2, 0.25) is 0 Å². The molecule has 1 N–H and O–H groups in total. The van der Waals surface area contributed by atoms with Gasteiger partial charge in [-0.15, -0.1) is 0 Å². The van der Waals surface area contributed by atoms with Gasteiger partial charge in [0, 0.05) is 25.7 Å². The molecule has 0 spiro atoms. The van der Waals surface area contributed by atoms with Gasteiger partial charge < -0.3 is 14.5 Å². The third kappa shape index (κ3) is 2.51. The first-order chi connectivity index (χ1) is 9.78. The van der Waals surface area contributed by atoms with Crippen LogP contribution < -0.4 is 4.90 Å². The lowest BCUT2D eigenvalue weighted by Gasteiger charge is -2.31. The average Bonchev–Trinajstić information content (AvgIpc) is 2.97. The third-order valence-electron chi connectivity index (χ3n) is 3.57. The van der Waals surface area contributed by atoms with Crippen molar-refractivity contribution < 1.29 is 9.63 Å². The molecule has 3 heterocycles. The van der Waals surface area contributed by atoms with Crippen LogP contribution in [-0.2, 0) is 6.42 Å². The summed E-state index contributed by atoms with van der Waals surface area (Å²) in [6, 6.07) is 3.81. The molecule has 1 saturated heterocycles. The lowest BCUT2D eigenvalue weighted by molar-refractivity contribution is 0.145. The molecule has 0 aliphatic carbocycles. The molecule has 1 aliphatic rings. The molecule has 20 heavy (non-hydrogen) atoms. The van der Waals surface area contributed by atoms with E-state index in [-0.39, 0.29) is 6.10 Å². The van der Waals surface area contributed by atoms with E-state index in [0.29, 0.717) is 11.7 Å². The Balaban J connectivity index is 1.91. The lowest BCUT2D eigenvalue weighted by Crippen LogP contribution is -2.36. The molecule has 1 aliphatic heterocycles. The normalized spacial score (nSPS) is 16.6. The van der Waals surface area contributed by atoms with Crippen LogP contribution in [0, 0.1) is 0 Å². The second-order valence-electron chi connectivity index (χ2n) is 4.96. The van der Waals surface area contributed by atoms with Gasteiger partial charge in [0.2, 0.25) is 0 Å². The van der Waals surface area contributed by atoms with Gasteiger partial charge in [0.25, 0.3) is 5.89 Å². The highest BCUT2D eigenvalue weighted by Gasteiger charge is 2.22. The molecule has 0 radical (unpaired) electrons. The maximum absolute atomic E-state index is 9.61. The lowest BCUT2D eigenvalue weighted by atomic mass is 10.1. The second-order valence-corrected chi connectivity index (χ2v) is 4.96. The van der Waals surface area contributed by atoms with Gasteiger partial charge in [-0.1, -0.05) is 12.1 Å². The molecule has 6 nitrogen and oxygen atoms in total. The van der Waals surface area contributed by atoms with E-state index in [1.165, 1.54) is 0 Å². The van der Waals surface area contributed by atoms with Crippen molar-refractivity contribution in [1.29, 1.82) is 0 Å². The van der Waals surface area contributed by atoms with Gasteiger partial charge in [0.15, 0.2) is 5.82 Å². The first-order valence-electron chi connectivity index (χ1n) is 6.99. The van der Waals surface area contributed by atoms with E-state index < -0.39 is 0 Å². The predicted octanol–water partition coefficient (Wildman–Crippen LogP) is 1.66. The van der Waals surface area contributed by atoms with Gasteiger partial charge >= 0.3 is 0 Å². The van der Waals surface area contributed by atoms with Crippen LogP contribution in [0.15, 0.2) is 22.9 Å². The Morgan fingerprint density at radius 3 is 2.90 bits per heavy atom. The number of nitrogens with zero attached hydrogens (tertiary/aromatic N) is 4. The molecule has 0 saturated carbocycles. The molecular weight excluding hydrogens is 256 g/mol. The summed E-state index contributed by atoms with van der Waals surface area (Å²) in [5, 5.41) is 13.5. The van der Waals surface area contributed by atoms with Crippen LogP contribution in [-0.4, -0.2) is 39.4 Å². The monoisotopic (exact) mass is 274 g/mol. The maximum atomic E-state index is 9.61. The molecule has 2 aromatic rings. The molecule has 0 amide bonds. The maximum Gasteiger partial charge on any atom is 0.261 e. The minimum absolute atomic E-state index is 0.200. The standard InChI is InChI=1S/C14H18N4O2/c1-2-12-16-14(20-17-12)11-4-3-7-15-13(11)18-8-5-10(19)6-9-18/h3-4,7,10,19H,2,5-6,8-9H2,1H3. The molecule has 0 atom stereocenters. The molecular formula is C14H18N4O2. The average molecular weight is 274 g/mol. The number of hydrogen-bond donors (Lipinski definition) is 1. The fourth-order valence-corrected chi connectivity index (χ4v) is 2.40. The van der Waals surface area contributed by atoms with E-state index in [1.807, 2.05) is 19.1 Å². The third-order valence-corrected chi connectivity index (χ3v) is 3.57. The minimum atomic E-state index is -0.200. The quantitative estimate of drug-likeness (QED) is 0.917. The van der Waals surface area contributed by atoms with Crippen LogP contribution in [0.25, 0.3) is 11.5 Å². The summed E-state index contributed by atoms with van der Waals surface area (Å²) < 4.78 is 5.32. The van der Waals surface area contributed by atoms with Crippen LogP contribution in [0.4, 0.5) is 5.82 Å². The first-order valence-corrected chi connectivity index (χ1v) is 6.99. The van der Waals surface area contributed by atoms with Crippen molar-refractivity contribution in [2.45, 2.75) is 32.3 Å². The van der Waals surface area contributed by atoms with Crippen LogP contribution >= 0.6 is 0 Å². The number of hydrogen-bond acceptors (Lipinski definition) is 6. The van der Waals surface area contributed by atoms with Crippen LogP contribution in [0.3, 0.4) is 0 Å². The molecule has 2 aromatic heterocycles. The Bertz CT molecular complexity index is 576. The highest BCUT2D eigenvalue weighted by atomic mass is 16.5. The Morgan fingerprint density at radius 1 is 1.40 bits per heavy atom. The smallest absolute Gasteiger partial charge is 0.261 e. The van der Waals surface area contributed by atoms with Gasteiger partial charge in [-0.3, -0.25) is 0 Å². The number of aliphatic hydroxyl groups is 1. The molecule has 106 valence electrons. The van der Waals surface area contributed by atoms with E-state index in [4.69, 9.17) is 4.52 Å². The van der Waals surface area contributed by atoms with Crippen LogP contribution in [0.1, 0.15) is 25.6 Å². The molecule has 1 fully saturated rings. The van der Waals surface area contributed by atoms with E-state index >= 15 is 0 Å².